The van der Waals surface area contributed by atoms with E-state index in [0.717, 1.165) is 16.9 Å². The highest BCUT2D eigenvalue weighted by atomic mass is 32.1. The van der Waals surface area contributed by atoms with Crippen molar-refractivity contribution in [3.05, 3.63) is 21.9 Å². The van der Waals surface area contributed by atoms with E-state index in [4.69, 9.17) is 11.5 Å². The summed E-state index contributed by atoms with van der Waals surface area (Å²) in [6.45, 7) is 1.58. The third-order valence-electron chi connectivity index (χ3n) is 2.22. The second-order valence-electron chi connectivity index (χ2n) is 3.39. The minimum atomic E-state index is -1.07. The molecule has 17 heavy (non-hydrogen) atoms. The van der Waals surface area contributed by atoms with E-state index in [1.807, 2.05) is 18.4 Å². The van der Waals surface area contributed by atoms with Gasteiger partial charge in [-0.15, -0.1) is 17.8 Å². The van der Waals surface area contributed by atoms with Gasteiger partial charge in [-0.2, -0.15) is 0 Å². The summed E-state index contributed by atoms with van der Waals surface area (Å²) in [7, 11) is 0. The molecular formula is C12H13NO3S. The van der Waals surface area contributed by atoms with Crippen molar-refractivity contribution >= 4 is 23.2 Å². The molecule has 0 saturated heterocycles. The summed E-state index contributed by atoms with van der Waals surface area (Å²) >= 11 is 1.31. The molecule has 0 aliphatic carbocycles. The largest absolute Gasteiger partial charge is 0.480 e. The summed E-state index contributed by atoms with van der Waals surface area (Å²) in [5.74, 6) is 0.925. The first-order chi connectivity index (χ1) is 8.10. The molecule has 1 aromatic rings. The first-order valence-corrected chi connectivity index (χ1v) is 5.99. The lowest BCUT2D eigenvalue weighted by molar-refractivity contribution is -0.137. The van der Waals surface area contributed by atoms with Crippen LogP contribution in [0.2, 0.25) is 0 Å². The first-order valence-electron chi connectivity index (χ1n) is 5.11. The zero-order valence-electron chi connectivity index (χ0n) is 9.47. The molecule has 0 spiro atoms. The highest BCUT2D eigenvalue weighted by Gasteiger charge is 2.20. The Kier molecular flexibility index (Phi) is 4.73. The van der Waals surface area contributed by atoms with Gasteiger partial charge in [0.05, 0.1) is 11.4 Å². The predicted molar refractivity (Wildman–Crippen MR) is 66.1 cm³/mol. The Balaban J connectivity index is 2.92. The first kappa shape index (κ1) is 13.3. The number of carboxylic acid groups (broad SMARTS) is 1. The van der Waals surface area contributed by atoms with Crippen LogP contribution in [0.4, 0.5) is 0 Å². The van der Waals surface area contributed by atoms with Gasteiger partial charge in [0, 0.05) is 0 Å². The fraction of sp³-hybridized carbons (Fsp3) is 0.333. The zero-order valence-corrected chi connectivity index (χ0v) is 10.3. The summed E-state index contributed by atoms with van der Waals surface area (Å²) in [5.41, 5.74) is 0.924. The molecule has 1 rings (SSSR count). The van der Waals surface area contributed by atoms with Crippen LogP contribution in [0, 0.1) is 12.3 Å². The van der Waals surface area contributed by atoms with Crippen LogP contribution in [0.5, 0.6) is 0 Å². The quantitative estimate of drug-likeness (QED) is 0.806. The van der Waals surface area contributed by atoms with Crippen LogP contribution in [-0.4, -0.2) is 35.0 Å². The number of amides is 1. The van der Waals surface area contributed by atoms with Gasteiger partial charge in [0.2, 0.25) is 0 Å². The average Bonchev–Trinajstić information content (AvgIpc) is 2.74. The maximum Gasteiger partial charge on any atom is 0.323 e. The number of carbonyl (C=O) groups is 2. The topological polar surface area (TPSA) is 57.6 Å². The Morgan fingerprint density at radius 3 is 2.82 bits per heavy atom. The number of carboxylic acids is 1. The van der Waals surface area contributed by atoms with Crippen LogP contribution in [-0.2, 0) is 11.2 Å². The molecule has 4 nitrogen and oxygen atoms in total. The third-order valence-corrected chi connectivity index (χ3v) is 3.16. The van der Waals surface area contributed by atoms with Crippen LogP contribution >= 0.6 is 11.3 Å². The van der Waals surface area contributed by atoms with Crippen molar-refractivity contribution in [3.8, 4) is 12.3 Å². The fourth-order valence-electron chi connectivity index (χ4n) is 1.42. The SMILES string of the molecule is C#CCN(CC(=O)O)C(=O)c1sccc1CC. The van der Waals surface area contributed by atoms with Crippen molar-refractivity contribution < 1.29 is 14.7 Å². The molecule has 1 heterocycles. The lowest BCUT2D eigenvalue weighted by atomic mass is 10.2. The molecule has 1 aromatic heterocycles. The smallest absolute Gasteiger partial charge is 0.323 e. The molecule has 1 N–H and O–H groups in total. The molecule has 0 bridgehead atoms. The van der Waals surface area contributed by atoms with E-state index in [9.17, 15) is 9.59 Å². The Morgan fingerprint density at radius 2 is 2.29 bits per heavy atom. The van der Waals surface area contributed by atoms with Gasteiger partial charge < -0.3 is 10.0 Å². The Morgan fingerprint density at radius 1 is 1.59 bits per heavy atom. The standard InChI is InChI=1S/C12H13NO3S/c1-3-6-13(8-10(14)15)12(16)11-9(4-2)5-7-17-11/h1,5,7H,4,6,8H2,2H3,(H,14,15). The predicted octanol–water partition coefficient (Wildman–Crippen LogP) is 1.47. The number of thiophene rings is 1. The number of terminal acetylenes is 1. The molecular weight excluding hydrogens is 238 g/mol. The van der Waals surface area contributed by atoms with Gasteiger partial charge >= 0.3 is 5.97 Å². The summed E-state index contributed by atoms with van der Waals surface area (Å²) in [4.78, 5) is 24.5. The van der Waals surface area contributed by atoms with Crippen LogP contribution in [0.3, 0.4) is 0 Å². The van der Waals surface area contributed by atoms with E-state index in [1.54, 1.807) is 0 Å². The molecule has 0 saturated carbocycles. The number of aryl methyl sites for hydroxylation is 1. The maximum absolute atomic E-state index is 12.1. The lowest BCUT2D eigenvalue weighted by Crippen LogP contribution is -2.35. The molecule has 0 aromatic carbocycles. The molecule has 1 amide bonds. The molecule has 0 unspecified atom stereocenters. The van der Waals surface area contributed by atoms with Crippen molar-refractivity contribution in [3.63, 3.8) is 0 Å². The highest BCUT2D eigenvalue weighted by molar-refractivity contribution is 7.12. The van der Waals surface area contributed by atoms with E-state index in [2.05, 4.69) is 5.92 Å². The van der Waals surface area contributed by atoms with Crippen LogP contribution < -0.4 is 0 Å². The summed E-state index contributed by atoms with van der Waals surface area (Å²) in [6.07, 6.45) is 5.87. The number of hydrogen-bond donors (Lipinski definition) is 1. The van der Waals surface area contributed by atoms with Gasteiger partial charge in [-0.3, -0.25) is 9.59 Å². The minimum Gasteiger partial charge on any atom is -0.480 e. The van der Waals surface area contributed by atoms with E-state index in [-0.39, 0.29) is 19.0 Å². The van der Waals surface area contributed by atoms with Gasteiger partial charge in [-0.05, 0) is 23.4 Å². The van der Waals surface area contributed by atoms with E-state index < -0.39 is 5.97 Å². The van der Waals surface area contributed by atoms with Crippen molar-refractivity contribution in [1.82, 2.24) is 4.90 Å². The molecule has 90 valence electrons. The molecule has 0 aliphatic heterocycles. The van der Waals surface area contributed by atoms with Crippen LogP contribution in [0.15, 0.2) is 11.4 Å². The zero-order chi connectivity index (χ0) is 12.8. The van der Waals surface area contributed by atoms with Crippen LogP contribution in [0.1, 0.15) is 22.2 Å². The van der Waals surface area contributed by atoms with Gasteiger partial charge in [0.15, 0.2) is 0 Å². The summed E-state index contributed by atoms with van der Waals surface area (Å²) in [5, 5.41) is 10.5. The van der Waals surface area contributed by atoms with E-state index in [0.29, 0.717) is 4.88 Å². The number of nitrogens with zero attached hydrogens (tertiary/aromatic N) is 1. The number of hydrogen-bond acceptors (Lipinski definition) is 3. The Hall–Kier alpha value is -1.80. The second kappa shape index (κ2) is 6.06. The third kappa shape index (κ3) is 3.33. The van der Waals surface area contributed by atoms with Crippen molar-refractivity contribution in [2.24, 2.45) is 0 Å². The van der Waals surface area contributed by atoms with Crippen molar-refractivity contribution in [2.75, 3.05) is 13.1 Å². The van der Waals surface area contributed by atoms with Gasteiger partial charge in [-0.25, -0.2) is 0 Å². The van der Waals surface area contributed by atoms with E-state index in [1.165, 1.54) is 11.3 Å². The van der Waals surface area contributed by atoms with Gasteiger partial charge in [-0.1, -0.05) is 12.8 Å². The average molecular weight is 251 g/mol. The minimum absolute atomic E-state index is 0.00614. The van der Waals surface area contributed by atoms with Gasteiger partial charge in [0.25, 0.3) is 5.91 Å². The van der Waals surface area contributed by atoms with E-state index >= 15 is 0 Å². The molecule has 0 aliphatic rings. The molecule has 5 heteroatoms. The Labute approximate surface area is 104 Å². The number of carbonyl (C=O) groups excluding carboxylic acids is 1. The fourth-order valence-corrected chi connectivity index (χ4v) is 2.38. The number of rotatable bonds is 5. The second-order valence-corrected chi connectivity index (χ2v) is 4.30. The lowest BCUT2D eigenvalue weighted by Gasteiger charge is -2.17. The normalized spacial score (nSPS) is 9.65. The monoisotopic (exact) mass is 251 g/mol. The summed E-state index contributed by atoms with van der Waals surface area (Å²) in [6, 6.07) is 1.87. The summed E-state index contributed by atoms with van der Waals surface area (Å²) < 4.78 is 0. The van der Waals surface area contributed by atoms with Gasteiger partial charge in [0.1, 0.15) is 6.54 Å². The molecule has 0 atom stereocenters. The number of aliphatic carboxylic acids is 1. The molecule has 0 fully saturated rings. The van der Waals surface area contributed by atoms with Crippen LogP contribution in [0.25, 0.3) is 0 Å². The maximum atomic E-state index is 12.1. The Bertz CT molecular complexity index is 459. The van der Waals surface area contributed by atoms with Crippen molar-refractivity contribution in [2.45, 2.75) is 13.3 Å². The van der Waals surface area contributed by atoms with Crippen molar-refractivity contribution in [1.29, 1.82) is 0 Å². The molecule has 0 radical (unpaired) electrons. The highest BCUT2D eigenvalue weighted by Crippen LogP contribution is 2.19.